The van der Waals surface area contributed by atoms with Gasteiger partial charge in [-0.05, 0) is 44.0 Å². The van der Waals surface area contributed by atoms with Crippen LogP contribution < -0.4 is 15.0 Å². The van der Waals surface area contributed by atoms with Gasteiger partial charge in [0.1, 0.15) is 23.9 Å². The molecular formula is C25H30N2O5. The van der Waals surface area contributed by atoms with Gasteiger partial charge >= 0.3 is 5.97 Å². The van der Waals surface area contributed by atoms with Crippen molar-refractivity contribution in [3.63, 3.8) is 0 Å². The minimum atomic E-state index is -0.226. The number of aromatic nitrogens is 2. The number of rotatable bonds is 11. The SMILES string of the molecule is CCOC(=O)CCc1ccc(OCCn2c(CC)nc3ccccc3c2=O)cc1OCC. The number of hydrogen-bond acceptors (Lipinski definition) is 6. The Balaban J connectivity index is 1.70. The highest BCUT2D eigenvalue weighted by atomic mass is 16.5. The van der Waals surface area contributed by atoms with Gasteiger partial charge in [-0.3, -0.25) is 14.2 Å². The van der Waals surface area contributed by atoms with E-state index in [-0.39, 0.29) is 11.5 Å². The van der Waals surface area contributed by atoms with Crippen LogP contribution in [0.3, 0.4) is 0 Å². The van der Waals surface area contributed by atoms with Crippen molar-refractivity contribution in [1.29, 1.82) is 0 Å². The van der Waals surface area contributed by atoms with Crippen LogP contribution in [-0.4, -0.2) is 35.3 Å². The highest BCUT2D eigenvalue weighted by Crippen LogP contribution is 2.26. The van der Waals surface area contributed by atoms with E-state index in [1.165, 1.54) is 0 Å². The van der Waals surface area contributed by atoms with E-state index in [0.29, 0.717) is 68.0 Å². The van der Waals surface area contributed by atoms with Gasteiger partial charge in [0, 0.05) is 18.9 Å². The molecule has 7 nitrogen and oxygen atoms in total. The van der Waals surface area contributed by atoms with E-state index in [0.717, 1.165) is 11.4 Å². The quantitative estimate of drug-likeness (QED) is 0.422. The third-order valence-electron chi connectivity index (χ3n) is 5.08. The lowest BCUT2D eigenvalue weighted by Crippen LogP contribution is -2.27. The fourth-order valence-corrected chi connectivity index (χ4v) is 3.56. The summed E-state index contributed by atoms with van der Waals surface area (Å²) in [6.45, 7) is 7.29. The number of nitrogens with zero attached hydrogens (tertiary/aromatic N) is 2. The number of esters is 1. The summed E-state index contributed by atoms with van der Waals surface area (Å²) >= 11 is 0. The first-order chi connectivity index (χ1) is 15.6. The largest absolute Gasteiger partial charge is 0.493 e. The molecule has 0 aliphatic heterocycles. The molecule has 32 heavy (non-hydrogen) atoms. The van der Waals surface area contributed by atoms with Gasteiger partial charge < -0.3 is 14.2 Å². The molecule has 0 radical (unpaired) electrons. The number of ether oxygens (including phenoxy) is 3. The normalized spacial score (nSPS) is 10.8. The Hall–Kier alpha value is -3.35. The first-order valence-corrected chi connectivity index (χ1v) is 11.1. The molecule has 2 aromatic carbocycles. The van der Waals surface area contributed by atoms with Crippen molar-refractivity contribution < 1.29 is 19.0 Å². The van der Waals surface area contributed by atoms with Crippen molar-refractivity contribution in [2.75, 3.05) is 19.8 Å². The molecule has 0 N–H and O–H groups in total. The number of hydrogen-bond donors (Lipinski definition) is 0. The maximum absolute atomic E-state index is 12.9. The van der Waals surface area contributed by atoms with E-state index in [9.17, 15) is 9.59 Å². The van der Waals surface area contributed by atoms with Gasteiger partial charge in [0.05, 0.1) is 30.7 Å². The standard InChI is InChI=1S/C25H30N2O5/c1-4-23-26-21-10-8-7-9-20(21)25(29)27(23)15-16-32-19-13-11-18(22(17-19)30-5-2)12-14-24(28)31-6-3/h7-11,13,17H,4-6,12,14-16H2,1-3H3. The Kier molecular flexibility index (Phi) is 8.25. The van der Waals surface area contributed by atoms with E-state index >= 15 is 0 Å². The number of carbonyl (C=O) groups excluding carboxylic acids is 1. The molecule has 0 fully saturated rings. The molecule has 0 atom stereocenters. The zero-order valence-electron chi connectivity index (χ0n) is 18.9. The van der Waals surface area contributed by atoms with Gasteiger partial charge in [-0.15, -0.1) is 0 Å². The van der Waals surface area contributed by atoms with E-state index in [1.807, 2.05) is 50.2 Å². The molecule has 0 saturated heterocycles. The Labute approximate surface area is 187 Å². The van der Waals surface area contributed by atoms with Gasteiger partial charge in [0.15, 0.2) is 0 Å². The predicted octanol–water partition coefficient (Wildman–Crippen LogP) is 3.93. The molecule has 7 heteroatoms. The summed E-state index contributed by atoms with van der Waals surface area (Å²) in [5.41, 5.74) is 1.59. The third-order valence-corrected chi connectivity index (χ3v) is 5.08. The maximum atomic E-state index is 12.9. The molecule has 0 spiro atoms. The molecule has 3 aromatic rings. The van der Waals surface area contributed by atoms with Crippen molar-refractivity contribution in [3.8, 4) is 11.5 Å². The Morgan fingerprint density at radius 2 is 1.84 bits per heavy atom. The van der Waals surface area contributed by atoms with Crippen molar-refractivity contribution >= 4 is 16.9 Å². The van der Waals surface area contributed by atoms with Crippen LogP contribution in [0.1, 0.15) is 38.6 Å². The smallest absolute Gasteiger partial charge is 0.306 e. The first-order valence-electron chi connectivity index (χ1n) is 11.1. The topological polar surface area (TPSA) is 79.7 Å². The number of benzene rings is 2. The fraction of sp³-hybridized carbons (Fsp3) is 0.400. The van der Waals surface area contributed by atoms with Crippen LogP contribution >= 0.6 is 0 Å². The molecule has 0 aliphatic rings. The lowest BCUT2D eigenvalue weighted by Gasteiger charge is -2.15. The highest BCUT2D eigenvalue weighted by Gasteiger charge is 2.12. The Bertz CT molecular complexity index is 1120. The maximum Gasteiger partial charge on any atom is 0.306 e. The third kappa shape index (κ3) is 5.66. The fourth-order valence-electron chi connectivity index (χ4n) is 3.56. The molecule has 0 amide bonds. The highest BCUT2D eigenvalue weighted by molar-refractivity contribution is 5.77. The molecule has 3 rings (SSSR count). The van der Waals surface area contributed by atoms with E-state index in [4.69, 9.17) is 14.2 Å². The van der Waals surface area contributed by atoms with Crippen LogP contribution in [0.25, 0.3) is 10.9 Å². The van der Waals surface area contributed by atoms with E-state index < -0.39 is 0 Å². The molecule has 1 heterocycles. The molecule has 0 saturated carbocycles. The predicted molar refractivity (Wildman–Crippen MR) is 123 cm³/mol. The number of para-hydroxylation sites is 1. The summed E-state index contributed by atoms with van der Waals surface area (Å²) in [4.78, 5) is 29.2. The van der Waals surface area contributed by atoms with Crippen LogP contribution in [0.5, 0.6) is 11.5 Å². The van der Waals surface area contributed by atoms with Gasteiger partial charge in [-0.2, -0.15) is 0 Å². The second-order valence-corrected chi connectivity index (χ2v) is 7.21. The summed E-state index contributed by atoms with van der Waals surface area (Å²) in [5.74, 6) is 1.85. The zero-order valence-corrected chi connectivity index (χ0v) is 18.9. The van der Waals surface area contributed by atoms with E-state index in [1.54, 1.807) is 17.6 Å². The summed E-state index contributed by atoms with van der Waals surface area (Å²) < 4.78 is 18.3. The van der Waals surface area contributed by atoms with Gasteiger partial charge in [-0.1, -0.05) is 25.1 Å². The Morgan fingerprint density at radius 1 is 1.03 bits per heavy atom. The summed E-state index contributed by atoms with van der Waals surface area (Å²) in [6.07, 6.45) is 1.49. The molecule has 0 bridgehead atoms. The average molecular weight is 439 g/mol. The van der Waals surface area contributed by atoms with E-state index in [2.05, 4.69) is 4.98 Å². The van der Waals surface area contributed by atoms with Crippen molar-refractivity contribution in [1.82, 2.24) is 9.55 Å². The zero-order chi connectivity index (χ0) is 22.9. The number of fused-ring (bicyclic) bond motifs is 1. The van der Waals surface area contributed by atoms with Crippen molar-refractivity contribution in [2.45, 2.75) is 46.6 Å². The minimum absolute atomic E-state index is 0.0552. The van der Waals surface area contributed by atoms with Gasteiger partial charge in [0.2, 0.25) is 0 Å². The average Bonchev–Trinajstić information content (AvgIpc) is 2.80. The van der Waals surface area contributed by atoms with Crippen LogP contribution in [-0.2, 0) is 28.9 Å². The Morgan fingerprint density at radius 3 is 2.59 bits per heavy atom. The second kappa shape index (κ2) is 11.3. The molecular weight excluding hydrogens is 408 g/mol. The lowest BCUT2D eigenvalue weighted by atomic mass is 10.1. The lowest BCUT2D eigenvalue weighted by molar-refractivity contribution is -0.143. The van der Waals surface area contributed by atoms with Gasteiger partial charge in [-0.25, -0.2) is 4.98 Å². The second-order valence-electron chi connectivity index (χ2n) is 7.21. The minimum Gasteiger partial charge on any atom is -0.493 e. The number of carbonyl (C=O) groups is 1. The number of aryl methyl sites for hydroxylation is 2. The molecule has 170 valence electrons. The molecule has 0 unspecified atom stereocenters. The summed E-state index contributed by atoms with van der Waals surface area (Å²) in [7, 11) is 0. The van der Waals surface area contributed by atoms with Crippen LogP contribution in [0, 0.1) is 0 Å². The van der Waals surface area contributed by atoms with Crippen LogP contribution in [0.2, 0.25) is 0 Å². The molecule has 0 aliphatic carbocycles. The molecule has 1 aromatic heterocycles. The summed E-state index contributed by atoms with van der Waals surface area (Å²) in [6, 6.07) is 13.0. The first kappa shape index (κ1) is 23.3. The van der Waals surface area contributed by atoms with Crippen molar-refractivity contribution in [3.05, 3.63) is 64.2 Å². The van der Waals surface area contributed by atoms with Crippen molar-refractivity contribution in [2.24, 2.45) is 0 Å². The van der Waals surface area contributed by atoms with Crippen LogP contribution in [0.4, 0.5) is 0 Å². The van der Waals surface area contributed by atoms with Gasteiger partial charge in [0.25, 0.3) is 5.56 Å². The summed E-state index contributed by atoms with van der Waals surface area (Å²) in [5, 5.41) is 0.606. The van der Waals surface area contributed by atoms with Crippen LogP contribution in [0.15, 0.2) is 47.3 Å². The monoisotopic (exact) mass is 438 g/mol.